The van der Waals surface area contributed by atoms with Crippen LogP contribution in [0.15, 0.2) is 34.1 Å². The maximum absolute atomic E-state index is 13.0. The van der Waals surface area contributed by atoms with Crippen molar-refractivity contribution in [2.45, 2.75) is 41.5 Å². The van der Waals surface area contributed by atoms with Gasteiger partial charge in [-0.2, -0.15) is 8.61 Å². The number of benzene rings is 1. The number of piperidine rings is 1. The molecule has 0 saturated carbocycles. The van der Waals surface area contributed by atoms with Crippen LogP contribution in [0, 0.1) is 0 Å². The van der Waals surface area contributed by atoms with E-state index in [9.17, 15) is 16.8 Å². The molecule has 0 radical (unpaired) electrons. The van der Waals surface area contributed by atoms with Gasteiger partial charge in [-0.1, -0.05) is 12.1 Å². The van der Waals surface area contributed by atoms with Crippen LogP contribution >= 0.6 is 12.4 Å². The van der Waals surface area contributed by atoms with E-state index < -0.39 is 20.0 Å². The highest BCUT2D eigenvalue weighted by atomic mass is 35.5. The number of hydrogen-bond donors (Lipinski definition) is 1. The quantitative estimate of drug-likeness (QED) is 0.799. The number of rotatable bonds is 4. The third-order valence-electron chi connectivity index (χ3n) is 4.57. The van der Waals surface area contributed by atoms with E-state index in [1.165, 1.54) is 20.7 Å². The Labute approximate surface area is 155 Å². The van der Waals surface area contributed by atoms with Gasteiger partial charge in [0, 0.05) is 32.2 Å². The number of halogens is 1. The fraction of sp³-hybridized carbons (Fsp3) is 0.600. The van der Waals surface area contributed by atoms with Crippen LogP contribution in [-0.4, -0.2) is 57.7 Å². The van der Waals surface area contributed by atoms with Crippen LogP contribution in [0.2, 0.25) is 0 Å². The highest BCUT2D eigenvalue weighted by Gasteiger charge is 2.36. The molecular weight excluding hydrogens is 386 g/mol. The van der Waals surface area contributed by atoms with Crippen molar-refractivity contribution >= 4 is 32.5 Å². The monoisotopic (exact) mass is 409 g/mol. The van der Waals surface area contributed by atoms with E-state index in [1.807, 2.05) is 0 Å². The topological polar surface area (TPSA) is 101 Å². The molecule has 10 heteroatoms. The summed E-state index contributed by atoms with van der Waals surface area (Å²) >= 11 is 0. The predicted molar refractivity (Wildman–Crippen MR) is 97.7 cm³/mol. The van der Waals surface area contributed by atoms with Gasteiger partial charge in [-0.25, -0.2) is 16.8 Å². The van der Waals surface area contributed by atoms with E-state index in [0.29, 0.717) is 26.1 Å². The summed E-state index contributed by atoms with van der Waals surface area (Å²) in [4.78, 5) is -0.281. The largest absolute Gasteiger partial charge is 0.327 e. The lowest BCUT2D eigenvalue weighted by Gasteiger charge is -2.30. The van der Waals surface area contributed by atoms with Gasteiger partial charge < -0.3 is 5.73 Å². The molecule has 142 valence electrons. The summed E-state index contributed by atoms with van der Waals surface area (Å²) in [5.74, 6) is 0. The van der Waals surface area contributed by atoms with Gasteiger partial charge in [-0.3, -0.25) is 0 Å². The lowest BCUT2D eigenvalue weighted by molar-refractivity contribution is 0.315. The van der Waals surface area contributed by atoms with E-state index in [2.05, 4.69) is 0 Å². The Bertz CT molecular complexity index is 808. The Morgan fingerprint density at radius 2 is 1.32 bits per heavy atom. The average Bonchev–Trinajstić information content (AvgIpc) is 3.10. The van der Waals surface area contributed by atoms with Gasteiger partial charge in [0.15, 0.2) is 0 Å². The molecule has 1 aromatic rings. The first-order valence-corrected chi connectivity index (χ1v) is 11.1. The molecule has 2 fully saturated rings. The van der Waals surface area contributed by atoms with Crippen LogP contribution < -0.4 is 5.73 Å². The highest BCUT2D eigenvalue weighted by Crippen LogP contribution is 2.29. The summed E-state index contributed by atoms with van der Waals surface area (Å²) in [7, 11) is -7.70. The second-order valence-electron chi connectivity index (χ2n) is 6.32. The van der Waals surface area contributed by atoms with Gasteiger partial charge in [-0.15, -0.1) is 12.4 Å². The van der Waals surface area contributed by atoms with Crippen LogP contribution in [0.4, 0.5) is 0 Å². The van der Waals surface area contributed by atoms with Crippen molar-refractivity contribution in [1.82, 2.24) is 8.61 Å². The minimum Gasteiger partial charge on any atom is -0.327 e. The summed E-state index contributed by atoms with van der Waals surface area (Å²) in [6.45, 7) is 1.46. The standard InChI is InChI=1S/C15H23N3O4S2.ClH/c16-13-6-5-11-18(12-13)24(21,22)15-8-2-1-7-14(15)23(19,20)17-9-3-4-10-17;/h1-2,7-8,13H,3-6,9-12,16H2;1H. The van der Waals surface area contributed by atoms with Gasteiger partial charge in [0.1, 0.15) is 9.79 Å². The second-order valence-corrected chi connectivity index (χ2v) is 10.1. The summed E-state index contributed by atoms with van der Waals surface area (Å²) in [5, 5.41) is 0. The third-order valence-corrected chi connectivity index (χ3v) is 8.58. The highest BCUT2D eigenvalue weighted by molar-refractivity contribution is 7.92. The smallest absolute Gasteiger partial charge is 0.244 e. The van der Waals surface area contributed by atoms with Crippen molar-refractivity contribution in [3.8, 4) is 0 Å². The molecule has 1 atom stereocenters. The average molecular weight is 410 g/mol. The van der Waals surface area contributed by atoms with E-state index in [-0.39, 0.29) is 34.8 Å². The SMILES string of the molecule is Cl.NC1CCCN(S(=O)(=O)c2ccccc2S(=O)(=O)N2CCCC2)C1. The minimum absolute atomic E-state index is 0. The molecule has 2 heterocycles. The Morgan fingerprint density at radius 1 is 0.840 bits per heavy atom. The summed E-state index contributed by atoms with van der Waals surface area (Å²) in [6.07, 6.45) is 3.06. The molecule has 1 unspecified atom stereocenters. The molecule has 7 nitrogen and oxygen atoms in total. The number of sulfonamides is 2. The van der Waals surface area contributed by atoms with E-state index in [1.54, 1.807) is 12.1 Å². The first-order valence-electron chi connectivity index (χ1n) is 8.18. The second kappa shape index (κ2) is 7.89. The zero-order valence-electron chi connectivity index (χ0n) is 13.9. The molecule has 2 saturated heterocycles. The first kappa shape index (κ1) is 20.6. The summed E-state index contributed by atoms with van der Waals surface area (Å²) < 4.78 is 54.4. The van der Waals surface area contributed by atoms with Crippen LogP contribution in [0.25, 0.3) is 0 Å². The molecule has 2 aliphatic heterocycles. The number of nitrogens with zero attached hydrogens (tertiary/aromatic N) is 2. The lowest BCUT2D eigenvalue weighted by atomic mass is 10.1. The zero-order valence-corrected chi connectivity index (χ0v) is 16.3. The summed E-state index contributed by atoms with van der Waals surface area (Å²) in [5.41, 5.74) is 5.89. The molecule has 0 amide bonds. The number of hydrogen-bond acceptors (Lipinski definition) is 5. The Hall–Kier alpha value is -0.710. The van der Waals surface area contributed by atoms with Crippen molar-refractivity contribution < 1.29 is 16.8 Å². The Kier molecular flexibility index (Phi) is 6.50. The van der Waals surface area contributed by atoms with E-state index >= 15 is 0 Å². The van der Waals surface area contributed by atoms with Gasteiger partial charge in [-0.05, 0) is 37.8 Å². The molecular formula is C15H24ClN3O4S2. The fourth-order valence-electron chi connectivity index (χ4n) is 3.28. The summed E-state index contributed by atoms with van der Waals surface area (Å²) in [6, 6.07) is 5.66. The molecule has 1 aromatic carbocycles. The van der Waals surface area contributed by atoms with Crippen molar-refractivity contribution in [2.75, 3.05) is 26.2 Å². The van der Waals surface area contributed by atoms with Crippen LogP contribution in [0.3, 0.4) is 0 Å². The Balaban J connectivity index is 0.00000225. The van der Waals surface area contributed by atoms with Crippen molar-refractivity contribution in [1.29, 1.82) is 0 Å². The molecule has 0 bridgehead atoms. The molecule has 2 N–H and O–H groups in total. The molecule has 3 rings (SSSR count). The van der Waals surface area contributed by atoms with Crippen molar-refractivity contribution in [2.24, 2.45) is 5.73 Å². The number of nitrogens with two attached hydrogens (primary N) is 1. The fourth-order valence-corrected chi connectivity index (χ4v) is 7.11. The predicted octanol–water partition coefficient (Wildman–Crippen LogP) is 1.00. The van der Waals surface area contributed by atoms with Gasteiger partial charge >= 0.3 is 0 Å². The molecule has 25 heavy (non-hydrogen) atoms. The normalized spacial score (nSPS) is 23.3. The maximum atomic E-state index is 13.0. The zero-order chi connectivity index (χ0) is 17.4. The van der Waals surface area contributed by atoms with Crippen molar-refractivity contribution in [3.05, 3.63) is 24.3 Å². The lowest BCUT2D eigenvalue weighted by Crippen LogP contribution is -2.46. The van der Waals surface area contributed by atoms with Crippen LogP contribution in [0.1, 0.15) is 25.7 Å². The van der Waals surface area contributed by atoms with E-state index in [4.69, 9.17) is 5.73 Å². The van der Waals surface area contributed by atoms with Gasteiger partial charge in [0.05, 0.1) is 0 Å². The van der Waals surface area contributed by atoms with Crippen LogP contribution in [0.5, 0.6) is 0 Å². The molecule has 0 spiro atoms. The van der Waals surface area contributed by atoms with E-state index in [0.717, 1.165) is 19.3 Å². The Morgan fingerprint density at radius 3 is 1.84 bits per heavy atom. The maximum Gasteiger partial charge on any atom is 0.244 e. The first-order chi connectivity index (χ1) is 11.3. The van der Waals surface area contributed by atoms with Gasteiger partial charge in [0.2, 0.25) is 20.0 Å². The van der Waals surface area contributed by atoms with Crippen molar-refractivity contribution in [3.63, 3.8) is 0 Å². The molecule has 2 aliphatic rings. The molecule has 0 aliphatic carbocycles. The third kappa shape index (κ3) is 4.01. The van der Waals surface area contributed by atoms with Gasteiger partial charge in [0.25, 0.3) is 0 Å². The molecule has 0 aromatic heterocycles. The van der Waals surface area contributed by atoms with Crippen LogP contribution in [-0.2, 0) is 20.0 Å². The minimum atomic E-state index is -3.89.